The third-order valence-electron chi connectivity index (χ3n) is 3.38. The zero-order valence-corrected chi connectivity index (χ0v) is 12.3. The van der Waals surface area contributed by atoms with Crippen LogP contribution in [0.15, 0.2) is 11.8 Å². The normalized spacial score (nSPS) is 28.8. The molecule has 0 radical (unpaired) electrons. The van der Waals surface area contributed by atoms with Gasteiger partial charge in [-0.1, -0.05) is 0 Å². The number of hydrogen-bond donors (Lipinski definition) is 3. The van der Waals surface area contributed by atoms with Gasteiger partial charge in [0.25, 0.3) is 5.60 Å². The van der Waals surface area contributed by atoms with E-state index in [4.69, 9.17) is 19.0 Å². The van der Waals surface area contributed by atoms with Crippen LogP contribution in [0.25, 0.3) is 0 Å². The smallest absolute Gasteiger partial charge is 0.348 e. The van der Waals surface area contributed by atoms with Crippen LogP contribution in [-0.2, 0) is 28.6 Å². The number of carbonyl (C=O) groups is 2. The van der Waals surface area contributed by atoms with Gasteiger partial charge in [0.1, 0.15) is 5.60 Å². The first-order valence-electron chi connectivity index (χ1n) is 6.75. The molecule has 0 bridgehead atoms. The molecule has 0 aromatic heterocycles. The zero-order chi connectivity index (χ0) is 16.4. The molecule has 2 atom stereocenters. The number of hydrogen-bond acceptors (Lipinski definition) is 7. The van der Waals surface area contributed by atoms with Crippen LogP contribution in [0.2, 0.25) is 0 Å². The van der Waals surface area contributed by atoms with E-state index in [2.05, 4.69) is 5.48 Å². The van der Waals surface area contributed by atoms with E-state index < -0.39 is 35.9 Å². The van der Waals surface area contributed by atoms with Crippen molar-refractivity contribution in [3.8, 4) is 0 Å². The maximum absolute atomic E-state index is 11.6. The van der Waals surface area contributed by atoms with Gasteiger partial charge in [0.2, 0.25) is 0 Å². The van der Waals surface area contributed by atoms with Crippen molar-refractivity contribution in [3.63, 3.8) is 0 Å². The first-order chi connectivity index (χ1) is 10.3. The first-order valence-corrected chi connectivity index (χ1v) is 6.75. The molecule has 1 saturated heterocycles. The highest BCUT2D eigenvalue weighted by Gasteiger charge is 2.55. The largest absolute Gasteiger partial charge is 0.479 e. The van der Waals surface area contributed by atoms with Gasteiger partial charge in [-0.2, -0.15) is 0 Å². The number of carboxylic acid groups (broad SMARTS) is 2. The van der Waals surface area contributed by atoms with Crippen molar-refractivity contribution in [1.82, 2.24) is 5.48 Å². The second kappa shape index (κ2) is 6.21. The molecule has 2 rings (SSSR count). The number of rotatable bonds is 6. The number of allylic oxidation sites excluding steroid dienone is 1. The minimum absolute atomic E-state index is 0.0347. The van der Waals surface area contributed by atoms with Crippen molar-refractivity contribution >= 4 is 11.9 Å². The Labute approximate surface area is 126 Å². The first kappa shape index (κ1) is 16.7. The molecule has 9 heteroatoms. The SMILES string of the molecule is CC1=CC(C)(CC(OC2COCCO2)(C(=O)O)C(=O)O)ON1. The fraction of sp³-hybridized carbons (Fsp3) is 0.692. The molecular weight excluding hydrogens is 298 g/mol. The Hall–Kier alpha value is -1.68. The fourth-order valence-corrected chi connectivity index (χ4v) is 2.44. The van der Waals surface area contributed by atoms with Crippen LogP contribution in [-0.4, -0.2) is 59.5 Å². The van der Waals surface area contributed by atoms with Crippen molar-refractivity contribution in [2.75, 3.05) is 19.8 Å². The van der Waals surface area contributed by atoms with E-state index in [9.17, 15) is 19.8 Å². The van der Waals surface area contributed by atoms with Crippen molar-refractivity contribution < 1.29 is 38.9 Å². The van der Waals surface area contributed by atoms with E-state index in [0.717, 1.165) is 0 Å². The van der Waals surface area contributed by atoms with E-state index >= 15 is 0 Å². The average Bonchev–Trinajstić information content (AvgIpc) is 2.78. The Bertz CT molecular complexity index is 470. The number of hydroxylamine groups is 1. The van der Waals surface area contributed by atoms with Crippen molar-refractivity contribution in [2.45, 2.75) is 37.8 Å². The Morgan fingerprint density at radius 3 is 2.59 bits per heavy atom. The van der Waals surface area contributed by atoms with Gasteiger partial charge in [-0.25, -0.2) is 9.59 Å². The van der Waals surface area contributed by atoms with Gasteiger partial charge in [0, 0.05) is 12.1 Å². The fourth-order valence-electron chi connectivity index (χ4n) is 2.44. The molecule has 0 aromatic carbocycles. The van der Waals surface area contributed by atoms with Crippen LogP contribution in [0.1, 0.15) is 20.3 Å². The number of aliphatic carboxylic acids is 2. The summed E-state index contributed by atoms with van der Waals surface area (Å²) in [6, 6.07) is 0. The van der Waals surface area contributed by atoms with E-state index in [1.54, 1.807) is 19.9 Å². The van der Waals surface area contributed by atoms with Gasteiger partial charge in [0.05, 0.1) is 19.8 Å². The van der Waals surface area contributed by atoms with Crippen molar-refractivity contribution in [1.29, 1.82) is 0 Å². The Morgan fingerprint density at radius 2 is 2.14 bits per heavy atom. The predicted octanol–water partition coefficient (Wildman–Crippen LogP) is -0.129. The topological polar surface area (TPSA) is 124 Å². The molecule has 9 nitrogen and oxygen atoms in total. The minimum atomic E-state index is -2.51. The molecule has 124 valence electrons. The summed E-state index contributed by atoms with van der Waals surface area (Å²) < 4.78 is 15.6. The van der Waals surface area contributed by atoms with Gasteiger partial charge < -0.3 is 24.4 Å². The van der Waals surface area contributed by atoms with Gasteiger partial charge in [-0.15, -0.1) is 0 Å². The van der Waals surface area contributed by atoms with Gasteiger partial charge in [0.15, 0.2) is 6.29 Å². The minimum Gasteiger partial charge on any atom is -0.479 e. The second-order valence-electron chi connectivity index (χ2n) is 5.45. The molecule has 0 spiro atoms. The van der Waals surface area contributed by atoms with Crippen molar-refractivity contribution in [3.05, 3.63) is 11.8 Å². The van der Waals surface area contributed by atoms with Crippen LogP contribution < -0.4 is 5.48 Å². The lowest BCUT2D eigenvalue weighted by atomic mass is 9.87. The summed E-state index contributed by atoms with van der Waals surface area (Å²) in [4.78, 5) is 28.6. The van der Waals surface area contributed by atoms with Crippen LogP contribution in [0.5, 0.6) is 0 Å². The molecule has 0 amide bonds. The average molecular weight is 317 g/mol. The summed E-state index contributed by atoms with van der Waals surface area (Å²) in [6.45, 7) is 3.80. The van der Waals surface area contributed by atoms with E-state index in [-0.39, 0.29) is 13.2 Å². The molecule has 2 aliphatic heterocycles. The van der Waals surface area contributed by atoms with E-state index in [1.165, 1.54) is 0 Å². The van der Waals surface area contributed by atoms with E-state index in [1.807, 2.05) is 0 Å². The second-order valence-corrected chi connectivity index (χ2v) is 5.45. The standard InChI is InChI=1S/C13H19NO8/c1-8-5-12(2,22-14-8)7-13(10(15)16,11(17)18)21-9-6-19-3-4-20-9/h5,9,14H,3-4,6-7H2,1-2H3,(H,15,16)(H,17,18). The molecule has 0 saturated carbocycles. The molecule has 0 aromatic rings. The van der Waals surface area contributed by atoms with Crippen LogP contribution in [0.4, 0.5) is 0 Å². The third kappa shape index (κ3) is 3.38. The highest BCUT2D eigenvalue weighted by Crippen LogP contribution is 2.33. The summed E-state index contributed by atoms with van der Waals surface area (Å²) in [6.07, 6.45) is 0.105. The lowest BCUT2D eigenvalue weighted by Crippen LogP contribution is -2.56. The summed E-state index contributed by atoms with van der Waals surface area (Å²) >= 11 is 0. The summed E-state index contributed by atoms with van der Waals surface area (Å²) in [5.74, 6) is -3.26. The molecule has 3 N–H and O–H groups in total. The predicted molar refractivity (Wildman–Crippen MR) is 70.6 cm³/mol. The molecule has 2 heterocycles. The molecule has 22 heavy (non-hydrogen) atoms. The van der Waals surface area contributed by atoms with Crippen molar-refractivity contribution in [2.24, 2.45) is 0 Å². The Balaban J connectivity index is 2.24. The number of ether oxygens (including phenoxy) is 3. The maximum Gasteiger partial charge on any atom is 0.348 e. The third-order valence-corrected chi connectivity index (χ3v) is 3.38. The number of nitrogens with one attached hydrogen (secondary N) is 1. The quantitative estimate of drug-likeness (QED) is 0.575. The number of carboxylic acids is 2. The lowest BCUT2D eigenvalue weighted by molar-refractivity contribution is -0.266. The summed E-state index contributed by atoms with van der Waals surface area (Å²) in [7, 11) is 0. The van der Waals surface area contributed by atoms with Gasteiger partial charge >= 0.3 is 11.9 Å². The molecule has 0 aliphatic carbocycles. The lowest BCUT2D eigenvalue weighted by Gasteiger charge is -2.35. The molecule has 2 unspecified atom stereocenters. The van der Waals surface area contributed by atoms with Crippen LogP contribution in [0, 0.1) is 0 Å². The van der Waals surface area contributed by atoms with Crippen LogP contribution >= 0.6 is 0 Å². The Morgan fingerprint density at radius 1 is 1.45 bits per heavy atom. The van der Waals surface area contributed by atoms with Crippen LogP contribution in [0.3, 0.4) is 0 Å². The molecule has 2 aliphatic rings. The Kier molecular flexibility index (Phi) is 4.71. The summed E-state index contributed by atoms with van der Waals surface area (Å²) in [5, 5.41) is 18.9. The zero-order valence-electron chi connectivity index (χ0n) is 12.3. The summed E-state index contributed by atoms with van der Waals surface area (Å²) in [5.41, 5.74) is -0.419. The highest BCUT2D eigenvalue weighted by atomic mass is 16.7. The van der Waals surface area contributed by atoms with Gasteiger partial charge in [-0.05, 0) is 19.9 Å². The maximum atomic E-state index is 11.6. The highest BCUT2D eigenvalue weighted by molar-refractivity contribution is 6.02. The van der Waals surface area contributed by atoms with Gasteiger partial charge in [-0.3, -0.25) is 10.3 Å². The van der Waals surface area contributed by atoms with E-state index in [0.29, 0.717) is 12.3 Å². The molecule has 1 fully saturated rings. The monoisotopic (exact) mass is 317 g/mol. The molecular formula is C13H19NO8.